The Morgan fingerprint density at radius 2 is 0.418 bits per heavy atom. The van der Waals surface area contributed by atoms with E-state index in [2.05, 4.69) is 198 Å². The molecule has 0 aromatic rings. The van der Waals surface area contributed by atoms with Crippen molar-refractivity contribution in [3.05, 3.63) is 0 Å². The summed E-state index contributed by atoms with van der Waals surface area (Å²) in [6.07, 6.45) is -0.706. The summed E-state index contributed by atoms with van der Waals surface area (Å²) in [6.45, 7) is 12.0. The Balaban J connectivity index is 7.02. The van der Waals surface area contributed by atoms with Crippen molar-refractivity contribution >= 4 is 218 Å². The van der Waals surface area contributed by atoms with E-state index < -0.39 is 269 Å². The normalized spacial score (nSPS) is 14.4. The lowest BCUT2D eigenvalue weighted by Gasteiger charge is -2.28. The second-order valence-corrected chi connectivity index (χ2v) is 36.1. The fourth-order valence-electron chi connectivity index (χ4n) is 13.0. The standard InChI is InChI=1S/C80H150N36O19S6/c1-37(2)27-47(107-70(130)51(33-138)109-62(122)44(18-12-24-97-78(88)89)104-68(128)53(35-140)113-72(132)57(39(5)6)115-55(117)29-81)64(124)111-49(31-136)66(126)102-42(16-10-22-95-76(84)85)60(120)101-41(15-9-21-94-75(82)83)59(119)100-30-56(118)116-58(40(7)8)73(133)114-54(36-141)69(129)105-45(19-13-25-98-79(90)91)63(123)110-52(34-139)71(131)108-48(28-38(3)4)65(125)112-50(32-137)67(127)103-43(17-11-23-96-77(86)87)61(121)106-46(74(134)135)20-14-26-99-80(92)93/h37-54,57-58,136-141H,9-36,81H2,1-8H3,(H,100,119)(H,101,120)(H,102,126)(H,103,127)(H,104,128)(H,105,129)(H,106,121)(H,107,130)(H,108,131)(H,109,122)(H,110,123)(H,111,124)(H,112,125)(H,113,132)(H,114,133)(H,115,117)(H,116,118)(H,134,135)(H4,82,83,94)(H4,84,85,95)(H4,86,87,96)(H4,88,89,97)(H4,90,91,98)(H4,92,93,99)/t41-,42-,43-,44-,45-,46-,47-,48-,49-,50-,51-,52-,53-,54-,57-,58-/m0/s1. The van der Waals surface area contributed by atoms with Crippen LogP contribution in [0.5, 0.6) is 0 Å². The van der Waals surface area contributed by atoms with Gasteiger partial charge in [0.2, 0.25) is 100 Å². The van der Waals surface area contributed by atoms with Crippen LogP contribution in [0.15, 0.2) is 0 Å². The Morgan fingerprint density at radius 3 is 0.617 bits per heavy atom. The molecule has 141 heavy (non-hydrogen) atoms. The van der Waals surface area contributed by atoms with Crippen LogP contribution in [0.2, 0.25) is 0 Å². The van der Waals surface area contributed by atoms with Crippen LogP contribution >= 0.6 is 75.8 Å². The predicted molar refractivity (Wildman–Crippen MR) is 547 cm³/mol. The number of carboxylic acids is 1. The van der Waals surface area contributed by atoms with Gasteiger partial charge in [0.25, 0.3) is 0 Å². The fraction of sp³-hybridized carbons (Fsp3) is 0.700. The average Bonchev–Trinajstić information content (AvgIpc) is 0.856. The number of carboxylic acid groups (broad SMARTS) is 1. The van der Waals surface area contributed by atoms with Gasteiger partial charge in [0.15, 0.2) is 35.8 Å². The van der Waals surface area contributed by atoms with Gasteiger partial charge in [0, 0.05) is 73.8 Å². The summed E-state index contributed by atoms with van der Waals surface area (Å²) in [5.41, 5.74) is 38.2. The van der Waals surface area contributed by atoms with Gasteiger partial charge in [-0.15, -0.1) is 0 Å². The van der Waals surface area contributed by atoms with Crippen molar-refractivity contribution in [2.24, 2.45) is 63.8 Å². The second kappa shape index (κ2) is 70.7. The first-order valence-electron chi connectivity index (χ1n) is 45.4. The van der Waals surface area contributed by atoms with Crippen LogP contribution in [0.1, 0.15) is 145 Å². The highest BCUT2D eigenvalue weighted by Crippen LogP contribution is 2.15. The van der Waals surface area contributed by atoms with E-state index in [4.69, 9.17) is 72.6 Å². The molecule has 0 aromatic heterocycles. The van der Waals surface area contributed by atoms with Crippen molar-refractivity contribution in [1.29, 1.82) is 32.5 Å². The van der Waals surface area contributed by atoms with Crippen LogP contribution in [0.25, 0.3) is 0 Å². The van der Waals surface area contributed by atoms with Crippen LogP contribution in [0.4, 0.5) is 0 Å². The number of hydrogen-bond acceptors (Lipinski definition) is 31. The molecule has 800 valence electrons. The van der Waals surface area contributed by atoms with Gasteiger partial charge >= 0.3 is 5.97 Å². The molecule has 0 saturated heterocycles. The second-order valence-electron chi connectivity index (χ2n) is 33.9. The molecule has 0 aliphatic rings. The maximum Gasteiger partial charge on any atom is 0.326 e. The fourth-order valence-corrected chi connectivity index (χ4v) is 14.5. The highest BCUT2D eigenvalue weighted by atomic mass is 32.1. The molecule has 0 radical (unpaired) electrons. The van der Waals surface area contributed by atoms with Crippen molar-refractivity contribution in [3.63, 3.8) is 0 Å². The summed E-state index contributed by atoms with van der Waals surface area (Å²) in [6, 6.07) is -23.4. The van der Waals surface area contributed by atoms with Gasteiger partial charge in [0.1, 0.15) is 96.7 Å². The van der Waals surface area contributed by atoms with Crippen LogP contribution in [-0.4, -0.2) is 331 Å². The molecule has 0 spiro atoms. The minimum absolute atomic E-state index is 0.0120. The van der Waals surface area contributed by atoms with Crippen molar-refractivity contribution in [3.8, 4) is 0 Å². The van der Waals surface area contributed by atoms with Crippen molar-refractivity contribution in [1.82, 2.24) is 122 Å². The van der Waals surface area contributed by atoms with E-state index in [1.54, 1.807) is 41.5 Å². The molecule has 0 unspecified atom stereocenters. The Hall–Kier alpha value is -11.9. The van der Waals surface area contributed by atoms with Gasteiger partial charge < -0.3 is 168 Å². The largest absolute Gasteiger partial charge is 0.480 e. The molecule has 17 amide bonds. The lowest BCUT2D eigenvalue weighted by Crippen LogP contribution is -2.61. The Morgan fingerprint density at radius 1 is 0.241 bits per heavy atom. The number of rotatable bonds is 71. The van der Waals surface area contributed by atoms with Gasteiger partial charge in [-0.1, -0.05) is 55.4 Å². The topological polar surface area (TPSA) is 929 Å². The number of nitrogens with one attached hydrogen (secondary N) is 29. The first-order valence-corrected chi connectivity index (χ1v) is 49.2. The zero-order chi connectivity index (χ0) is 107. The molecule has 44 N–H and O–H groups in total. The molecule has 0 rings (SSSR count). The Bertz CT molecular complexity index is 4190. The number of aliphatic carboxylic acids is 1. The number of carbonyl (C=O) groups excluding carboxylic acids is 17. The smallest absolute Gasteiger partial charge is 0.326 e. The number of amides is 17. The number of guanidine groups is 6. The van der Waals surface area contributed by atoms with E-state index in [1.807, 2.05) is 0 Å². The SMILES string of the molecule is CC(C)C[C@H](NC(=O)[C@H](CS)NC(=O)[C@H](CCCNC(=N)N)NC(=O)[C@H](CS)NC(=O)[C@@H](NC(=O)CNC(=O)[C@H](CCCNC(=N)N)NC(=O)[C@H](CCCNC(=N)N)NC(=O)[C@H](CS)NC(=O)[C@H](CC(C)C)NC(=O)[C@H](CS)NC(=O)[C@H](CCCNC(=N)N)NC(=O)[C@H](CS)NC(=O)[C@@H](NC(=O)CN)C(C)C)C(C)C)C(=O)N[C@@H](CS)C(=O)N[C@@H](CCCNC(=N)N)C(=O)N[C@@H](CCCNC(=N)N)C(=O)O. The first-order chi connectivity index (χ1) is 66.2. The van der Waals surface area contributed by atoms with Gasteiger partial charge in [-0.05, 0) is 114 Å². The summed E-state index contributed by atoms with van der Waals surface area (Å²) < 4.78 is 0. The maximum atomic E-state index is 14.6. The number of carbonyl (C=O) groups is 18. The van der Waals surface area contributed by atoms with Crippen LogP contribution in [-0.2, 0) is 86.3 Å². The van der Waals surface area contributed by atoms with Crippen LogP contribution in [0.3, 0.4) is 0 Å². The third-order valence-corrected chi connectivity index (χ3v) is 22.6. The minimum Gasteiger partial charge on any atom is -0.480 e. The van der Waals surface area contributed by atoms with E-state index in [1.165, 1.54) is 13.8 Å². The molecule has 0 saturated carbocycles. The quantitative estimate of drug-likeness (QED) is 0.0116. The van der Waals surface area contributed by atoms with Gasteiger partial charge in [0.05, 0.1) is 13.1 Å². The van der Waals surface area contributed by atoms with Crippen molar-refractivity contribution in [2.45, 2.75) is 242 Å². The van der Waals surface area contributed by atoms with E-state index in [0.717, 1.165) is 0 Å². The zero-order valence-electron chi connectivity index (χ0n) is 80.4. The lowest BCUT2D eigenvalue weighted by molar-refractivity contribution is -0.142. The van der Waals surface area contributed by atoms with Crippen LogP contribution < -0.4 is 162 Å². The van der Waals surface area contributed by atoms with Gasteiger partial charge in [-0.3, -0.25) is 114 Å². The molecular formula is C80H150N36O19S6. The molecule has 0 aliphatic carbocycles. The molecule has 0 bridgehead atoms. The number of hydrogen-bond donors (Lipinski definition) is 43. The maximum absolute atomic E-state index is 14.6. The van der Waals surface area contributed by atoms with Crippen molar-refractivity contribution in [2.75, 3.05) is 86.9 Å². The Labute approximate surface area is 851 Å². The summed E-state index contributed by atoms with van der Waals surface area (Å²) in [5, 5.41) is 113. The third-order valence-electron chi connectivity index (χ3n) is 20.4. The summed E-state index contributed by atoms with van der Waals surface area (Å²) in [7, 11) is 0. The van der Waals surface area contributed by atoms with Crippen molar-refractivity contribution < 1.29 is 91.4 Å². The molecule has 0 aromatic carbocycles. The third kappa shape index (κ3) is 54.7. The van der Waals surface area contributed by atoms with Crippen LogP contribution in [0, 0.1) is 56.1 Å². The molecule has 0 aliphatic heterocycles. The molecule has 16 atom stereocenters. The van der Waals surface area contributed by atoms with Gasteiger partial charge in [-0.2, -0.15) is 75.8 Å². The van der Waals surface area contributed by atoms with Gasteiger partial charge in [-0.25, -0.2) is 4.79 Å². The molecule has 0 fully saturated rings. The molecular weight excluding hydrogens is 1960 g/mol. The highest BCUT2D eigenvalue weighted by molar-refractivity contribution is 7.81. The summed E-state index contributed by atoms with van der Waals surface area (Å²) in [5.74, 6) is -23.9. The number of nitrogens with two attached hydrogens (primary N) is 7. The minimum atomic E-state index is -1.57. The average molecular weight is 2110 g/mol. The molecule has 61 heteroatoms. The predicted octanol–water partition coefficient (Wildman–Crippen LogP) is -11.5. The summed E-state index contributed by atoms with van der Waals surface area (Å²) >= 11 is 25.7. The van der Waals surface area contributed by atoms with E-state index >= 15 is 0 Å². The van der Waals surface area contributed by atoms with E-state index in [0.29, 0.717) is 0 Å². The number of thiol groups is 6. The first kappa shape index (κ1) is 129. The summed E-state index contributed by atoms with van der Waals surface area (Å²) in [4.78, 5) is 250. The highest BCUT2D eigenvalue weighted by Gasteiger charge is 2.40. The molecule has 55 nitrogen and oxygen atoms in total. The molecule has 0 heterocycles. The van der Waals surface area contributed by atoms with E-state index in [9.17, 15) is 91.4 Å². The lowest BCUT2D eigenvalue weighted by atomic mass is 10.0. The monoisotopic (exact) mass is 2110 g/mol. The van der Waals surface area contributed by atoms with E-state index in [-0.39, 0.29) is 170 Å². The Kier molecular flexibility index (Phi) is 64.8. The zero-order valence-corrected chi connectivity index (χ0v) is 85.7.